The van der Waals surface area contributed by atoms with Crippen molar-refractivity contribution in [2.75, 3.05) is 6.54 Å². The molecule has 4 amide bonds. The Bertz CT molecular complexity index is 723. The normalized spacial score (nSPS) is 14.4. The number of urea groups is 1. The number of thiophene rings is 1. The summed E-state index contributed by atoms with van der Waals surface area (Å²) in [7, 11) is 0. The predicted octanol–water partition coefficient (Wildman–Crippen LogP) is 1.38. The first-order valence-electron chi connectivity index (χ1n) is 5.97. The van der Waals surface area contributed by atoms with Crippen molar-refractivity contribution in [1.82, 2.24) is 20.7 Å². The van der Waals surface area contributed by atoms with E-state index in [1.807, 2.05) is 16.8 Å². The SMILES string of the molecule is Cc1nc(-c2ccsc2)sc1C(=O)NN1CC(=O)NC1=O. The lowest BCUT2D eigenvalue weighted by molar-refractivity contribution is -0.118. The molecule has 1 aliphatic heterocycles. The number of imide groups is 1. The Morgan fingerprint density at radius 3 is 2.90 bits per heavy atom. The minimum atomic E-state index is -0.631. The molecule has 2 aromatic heterocycles. The Balaban J connectivity index is 1.79. The fourth-order valence-corrected chi connectivity index (χ4v) is 3.49. The second-order valence-corrected chi connectivity index (χ2v) is 6.11. The summed E-state index contributed by atoms with van der Waals surface area (Å²) in [5.41, 5.74) is 3.96. The maximum Gasteiger partial charge on any atom is 0.343 e. The van der Waals surface area contributed by atoms with Gasteiger partial charge in [-0.3, -0.25) is 20.3 Å². The number of aromatic nitrogens is 1. The summed E-state index contributed by atoms with van der Waals surface area (Å²) >= 11 is 2.80. The van der Waals surface area contributed by atoms with Crippen LogP contribution in [0.1, 0.15) is 15.4 Å². The molecule has 3 rings (SSSR count). The Hall–Kier alpha value is -2.26. The van der Waals surface area contributed by atoms with Gasteiger partial charge >= 0.3 is 6.03 Å². The highest BCUT2D eigenvalue weighted by molar-refractivity contribution is 7.17. The van der Waals surface area contributed by atoms with E-state index in [0.29, 0.717) is 10.6 Å². The van der Waals surface area contributed by atoms with Gasteiger partial charge in [-0.1, -0.05) is 0 Å². The van der Waals surface area contributed by atoms with Crippen LogP contribution < -0.4 is 10.7 Å². The van der Waals surface area contributed by atoms with E-state index in [0.717, 1.165) is 15.6 Å². The monoisotopic (exact) mass is 322 g/mol. The molecule has 1 saturated heterocycles. The number of carbonyl (C=O) groups excluding carboxylic acids is 3. The molecule has 0 saturated carbocycles. The van der Waals surface area contributed by atoms with Gasteiger partial charge in [0.15, 0.2) is 0 Å². The van der Waals surface area contributed by atoms with Crippen LogP contribution in [-0.2, 0) is 4.79 Å². The molecular formula is C12H10N4O3S2. The summed E-state index contributed by atoms with van der Waals surface area (Å²) < 4.78 is 0. The van der Waals surface area contributed by atoms with Crippen LogP contribution in [0.4, 0.5) is 4.79 Å². The summed E-state index contributed by atoms with van der Waals surface area (Å²) in [6, 6.07) is 1.30. The Kier molecular flexibility index (Phi) is 3.43. The third kappa shape index (κ3) is 2.65. The summed E-state index contributed by atoms with van der Waals surface area (Å²) in [4.78, 5) is 39.4. The number of hydrogen-bond donors (Lipinski definition) is 2. The lowest BCUT2D eigenvalue weighted by atomic mass is 10.3. The molecule has 0 atom stereocenters. The minimum absolute atomic E-state index is 0.181. The molecule has 1 aliphatic rings. The third-order valence-corrected chi connectivity index (χ3v) is 4.69. The number of nitrogens with zero attached hydrogens (tertiary/aromatic N) is 2. The fourth-order valence-electron chi connectivity index (χ4n) is 1.82. The second-order valence-electron chi connectivity index (χ2n) is 4.33. The van der Waals surface area contributed by atoms with Crippen molar-refractivity contribution < 1.29 is 14.4 Å². The first-order chi connectivity index (χ1) is 10.0. The van der Waals surface area contributed by atoms with Gasteiger partial charge < -0.3 is 0 Å². The van der Waals surface area contributed by atoms with Gasteiger partial charge in [0, 0.05) is 10.9 Å². The van der Waals surface area contributed by atoms with Gasteiger partial charge in [-0.05, 0) is 18.4 Å². The Morgan fingerprint density at radius 1 is 1.48 bits per heavy atom. The highest BCUT2D eigenvalue weighted by Crippen LogP contribution is 2.29. The van der Waals surface area contributed by atoms with E-state index < -0.39 is 17.8 Å². The van der Waals surface area contributed by atoms with Crippen molar-refractivity contribution in [2.24, 2.45) is 0 Å². The first-order valence-corrected chi connectivity index (χ1v) is 7.73. The zero-order valence-corrected chi connectivity index (χ0v) is 12.5. The number of thiazole rings is 1. The molecular weight excluding hydrogens is 312 g/mol. The second kappa shape index (κ2) is 5.26. The van der Waals surface area contributed by atoms with Crippen molar-refractivity contribution in [2.45, 2.75) is 6.92 Å². The van der Waals surface area contributed by atoms with E-state index in [1.165, 1.54) is 11.3 Å². The summed E-state index contributed by atoms with van der Waals surface area (Å²) in [5, 5.41) is 7.68. The number of hydrazine groups is 1. The van der Waals surface area contributed by atoms with Gasteiger partial charge in [0.2, 0.25) is 5.91 Å². The molecule has 0 unspecified atom stereocenters. The number of amides is 4. The molecule has 108 valence electrons. The standard InChI is InChI=1S/C12H10N4O3S2/c1-6-9(21-11(13-6)7-2-3-20-5-7)10(18)15-16-4-8(17)14-12(16)19/h2-3,5H,4H2,1H3,(H,15,18)(H,14,17,19). The van der Waals surface area contributed by atoms with Crippen LogP contribution in [0.3, 0.4) is 0 Å². The van der Waals surface area contributed by atoms with Gasteiger partial charge in [0.25, 0.3) is 5.91 Å². The Labute approximate surface area is 127 Å². The predicted molar refractivity (Wildman–Crippen MR) is 77.9 cm³/mol. The molecule has 9 heteroatoms. The number of hydrogen-bond acceptors (Lipinski definition) is 6. The van der Waals surface area contributed by atoms with Crippen LogP contribution in [0.15, 0.2) is 16.8 Å². The van der Waals surface area contributed by atoms with Gasteiger partial charge in [-0.25, -0.2) is 14.8 Å². The van der Waals surface area contributed by atoms with Crippen LogP contribution in [0.25, 0.3) is 10.6 Å². The van der Waals surface area contributed by atoms with Crippen molar-refractivity contribution in [3.05, 3.63) is 27.4 Å². The third-order valence-electron chi connectivity index (χ3n) is 2.80. The molecule has 21 heavy (non-hydrogen) atoms. The van der Waals surface area contributed by atoms with Crippen molar-refractivity contribution in [1.29, 1.82) is 0 Å². The molecule has 0 radical (unpaired) electrons. The quantitative estimate of drug-likeness (QED) is 0.835. The number of nitrogens with one attached hydrogen (secondary N) is 2. The van der Waals surface area contributed by atoms with E-state index in [-0.39, 0.29) is 6.54 Å². The van der Waals surface area contributed by atoms with E-state index in [4.69, 9.17) is 0 Å². The summed E-state index contributed by atoms with van der Waals surface area (Å²) in [6.07, 6.45) is 0. The minimum Gasteiger partial charge on any atom is -0.275 e. The van der Waals surface area contributed by atoms with Crippen LogP contribution in [0.2, 0.25) is 0 Å². The van der Waals surface area contributed by atoms with Gasteiger partial charge in [-0.2, -0.15) is 11.3 Å². The lowest BCUT2D eigenvalue weighted by Crippen LogP contribution is -2.44. The van der Waals surface area contributed by atoms with Crippen LogP contribution in [-0.4, -0.2) is 34.4 Å². The van der Waals surface area contributed by atoms with E-state index in [1.54, 1.807) is 18.3 Å². The van der Waals surface area contributed by atoms with E-state index in [2.05, 4.69) is 15.7 Å². The molecule has 2 aromatic rings. The lowest BCUT2D eigenvalue weighted by Gasteiger charge is -2.13. The topological polar surface area (TPSA) is 91.4 Å². The smallest absolute Gasteiger partial charge is 0.275 e. The molecule has 1 fully saturated rings. The van der Waals surface area contributed by atoms with Crippen molar-refractivity contribution in [3.63, 3.8) is 0 Å². The number of aryl methyl sites for hydroxylation is 1. The average molecular weight is 322 g/mol. The molecule has 7 nitrogen and oxygen atoms in total. The number of carbonyl (C=O) groups is 3. The summed E-state index contributed by atoms with van der Waals surface area (Å²) in [6.45, 7) is 1.55. The molecule has 0 aliphatic carbocycles. The molecule has 0 bridgehead atoms. The van der Waals surface area contributed by atoms with Crippen molar-refractivity contribution in [3.8, 4) is 10.6 Å². The van der Waals surface area contributed by atoms with Crippen LogP contribution in [0, 0.1) is 6.92 Å². The fraction of sp³-hybridized carbons (Fsp3) is 0.167. The van der Waals surface area contributed by atoms with Gasteiger partial charge in [0.05, 0.1) is 5.69 Å². The highest BCUT2D eigenvalue weighted by atomic mass is 32.1. The largest absolute Gasteiger partial charge is 0.343 e. The maximum atomic E-state index is 12.2. The molecule has 2 N–H and O–H groups in total. The number of rotatable bonds is 3. The van der Waals surface area contributed by atoms with E-state index >= 15 is 0 Å². The highest BCUT2D eigenvalue weighted by Gasteiger charge is 2.29. The van der Waals surface area contributed by atoms with Crippen LogP contribution in [0.5, 0.6) is 0 Å². The molecule has 0 aromatic carbocycles. The Morgan fingerprint density at radius 2 is 2.29 bits per heavy atom. The van der Waals surface area contributed by atoms with Gasteiger partial charge in [0.1, 0.15) is 16.4 Å². The zero-order chi connectivity index (χ0) is 15.0. The molecule has 3 heterocycles. The first kappa shape index (κ1) is 13.7. The van der Waals surface area contributed by atoms with Crippen molar-refractivity contribution >= 4 is 40.5 Å². The summed E-state index contributed by atoms with van der Waals surface area (Å²) in [5.74, 6) is -0.892. The average Bonchev–Trinajstić information content (AvgIpc) is 3.11. The van der Waals surface area contributed by atoms with E-state index in [9.17, 15) is 14.4 Å². The van der Waals surface area contributed by atoms with Crippen LogP contribution >= 0.6 is 22.7 Å². The maximum absolute atomic E-state index is 12.2. The zero-order valence-electron chi connectivity index (χ0n) is 10.9. The van der Waals surface area contributed by atoms with Gasteiger partial charge in [-0.15, -0.1) is 11.3 Å². The molecule has 0 spiro atoms.